The van der Waals surface area contributed by atoms with Crippen LogP contribution in [-0.4, -0.2) is 21.6 Å². The predicted octanol–water partition coefficient (Wildman–Crippen LogP) is 6.16. The van der Waals surface area contributed by atoms with Crippen LogP contribution in [0.1, 0.15) is 16.7 Å². The number of nitrogens with zero attached hydrogens (tertiary/aromatic N) is 2. The number of hydrogen-bond acceptors (Lipinski definition) is 5. The largest absolute Gasteiger partial charge is 0.438 e. The molecule has 5 nitrogen and oxygen atoms in total. The molecule has 8 heteroatoms. The molecule has 0 saturated carbocycles. The zero-order chi connectivity index (χ0) is 23.7. The zero-order valence-electron chi connectivity index (χ0n) is 18.1. The first kappa shape index (κ1) is 22.0. The number of aromatic nitrogens is 2. The Morgan fingerprint density at radius 1 is 1.06 bits per heavy atom. The highest BCUT2D eigenvalue weighted by Gasteiger charge is 2.25. The quantitative estimate of drug-likeness (QED) is 0.244. The maximum absolute atomic E-state index is 13.9. The molecule has 3 aromatic carbocycles. The Kier molecular flexibility index (Phi) is 5.98. The summed E-state index contributed by atoms with van der Waals surface area (Å²) < 4.78 is 33.4. The fraction of sp³-hybridized carbons (Fsp3) is 0.115. The first-order valence-corrected chi connectivity index (χ1v) is 11.6. The number of benzene rings is 3. The van der Waals surface area contributed by atoms with Gasteiger partial charge in [-0.15, -0.1) is 0 Å². The minimum Gasteiger partial charge on any atom is -0.438 e. The van der Waals surface area contributed by atoms with Gasteiger partial charge in [-0.2, -0.15) is 4.98 Å². The van der Waals surface area contributed by atoms with Crippen LogP contribution < -0.4 is 10.1 Å². The van der Waals surface area contributed by atoms with Gasteiger partial charge in [-0.1, -0.05) is 41.6 Å². The molecular weight excluding hydrogens is 456 g/mol. The summed E-state index contributed by atoms with van der Waals surface area (Å²) in [6.45, 7) is 2.01. The van der Waals surface area contributed by atoms with E-state index < -0.39 is 5.82 Å². The van der Waals surface area contributed by atoms with Crippen molar-refractivity contribution < 1.29 is 18.3 Å². The molecule has 0 spiro atoms. The molecule has 1 aliphatic rings. The number of halogens is 2. The maximum atomic E-state index is 13.9. The van der Waals surface area contributed by atoms with E-state index >= 15 is 0 Å². The van der Waals surface area contributed by atoms with Gasteiger partial charge in [-0.05, 0) is 55.0 Å². The van der Waals surface area contributed by atoms with Gasteiger partial charge in [-0.25, -0.2) is 13.8 Å². The first-order chi connectivity index (χ1) is 16.5. The van der Waals surface area contributed by atoms with Gasteiger partial charge in [0, 0.05) is 12.0 Å². The third-order valence-corrected chi connectivity index (χ3v) is 6.33. The Bertz CT molecular complexity index is 1390. The highest BCUT2D eigenvalue weighted by molar-refractivity contribution is 8.00. The van der Waals surface area contributed by atoms with E-state index in [1.807, 2.05) is 25.1 Å². The van der Waals surface area contributed by atoms with Gasteiger partial charge in [0.05, 0.1) is 17.0 Å². The Hall–Kier alpha value is -3.78. The third-order valence-electron chi connectivity index (χ3n) is 5.31. The van der Waals surface area contributed by atoms with Crippen molar-refractivity contribution in [1.82, 2.24) is 9.97 Å². The molecule has 2 heterocycles. The highest BCUT2D eigenvalue weighted by Crippen LogP contribution is 2.40. The number of carbonyl (C=O) groups excluding carboxylic acids is 1. The van der Waals surface area contributed by atoms with Crippen molar-refractivity contribution in [3.63, 3.8) is 0 Å². The number of carbonyl (C=O) groups is 1. The summed E-state index contributed by atoms with van der Waals surface area (Å²) in [5, 5.41) is 3.17. The average molecular weight is 476 g/mol. The summed E-state index contributed by atoms with van der Waals surface area (Å²) >= 11 is 1.22. The van der Waals surface area contributed by atoms with Gasteiger partial charge in [0.15, 0.2) is 5.82 Å². The normalized spacial score (nSPS) is 11.9. The SMILES string of the molecule is Cc1ccc2c(c1)Cc1c(nc(-c3ccc(F)cc3)nc1SCC(=O)Nc1ccccc1F)O2. The number of hydrogen-bond donors (Lipinski definition) is 1. The second-order valence-corrected chi connectivity index (χ2v) is 8.81. The van der Waals surface area contributed by atoms with E-state index in [1.54, 1.807) is 24.3 Å². The molecule has 0 bridgehead atoms. The molecular formula is C26H19F2N3O2S. The molecule has 1 amide bonds. The van der Waals surface area contributed by atoms with E-state index in [2.05, 4.69) is 15.3 Å². The van der Waals surface area contributed by atoms with Gasteiger partial charge in [-0.3, -0.25) is 4.79 Å². The summed E-state index contributed by atoms with van der Waals surface area (Å²) in [6, 6.07) is 17.8. The monoisotopic (exact) mass is 475 g/mol. The van der Waals surface area contributed by atoms with Gasteiger partial charge >= 0.3 is 0 Å². The smallest absolute Gasteiger partial charge is 0.234 e. The summed E-state index contributed by atoms with van der Waals surface area (Å²) in [4.78, 5) is 21.8. The molecule has 170 valence electrons. The number of fused-ring (bicyclic) bond motifs is 2. The van der Waals surface area contributed by atoms with Crippen LogP contribution in [0.25, 0.3) is 11.4 Å². The van der Waals surface area contributed by atoms with E-state index in [9.17, 15) is 13.6 Å². The van der Waals surface area contributed by atoms with Gasteiger partial charge in [0.1, 0.15) is 22.4 Å². The van der Waals surface area contributed by atoms with Crippen LogP contribution in [0.5, 0.6) is 11.6 Å². The third kappa shape index (κ3) is 4.63. The number of nitrogens with one attached hydrogen (secondary N) is 1. The molecule has 34 heavy (non-hydrogen) atoms. The second-order valence-electron chi connectivity index (χ2n) is 7.85. The topological polar surface area (TPSA) is 64.1 Å². The maximum Gasteiger partial charge on any atom is 0.234 e. The first-order valence-electron chi connectivity index (χ1n) is 10.6. The van der Waals surface area contributed by atoms with Gasteiger partial charge in [0.2, 0.25) is 11.8 Å². The Morgan fingerprint density at radius 3 is 2.65 bits per heavy atom. The summed E-state index contributed by atoms with van der Waals surface area (Å²) in [6.07, 6.45) is 0.549. The Balaban J connectivity index is 1.46. The number of aryl methyl sites for hydroxylation is 1. The lowest BCUT2D eigenvalue weighted by molar-refractivity contribution is -0.113. The van der Waals surface area contributed by atoms with Crippen molar-refractivity contribution in [2.24, 2.45) is 0 Å². The molecule has 0 fully saturated rings. The van der Waals surface area contributed by atoms with Crippen molar-refractivity contribution in [2.75, 3.05) is 11.1 Å². The summed E-state index contributed by atoms with van der Waals surface area (Å²) in [5.74, 6) is 0.283. The lowest BCUT2D eigenvalue weighted by atomic mass is 10.0. The van der Waals surface area contributed by atoms with Crippen LogP contribution in [0.15, 0.2) is 71.8 Å². The number of thioether (sulfide) groups is 1. The summed E-state index contributed by atoms with van der Waals surface area (Å²) in [5.41, 5.74) is 3.63. The number of rotatable bonds is 5. The number of ether oxygens (including phenoxy) is 1. The molecule has 0 unspecified atom stereocenters. The van der Waals surface area contributed by atoms with Crippen molar-refractivity contribution >= 4 is 23.4 Å². The number of amides is 1. The van der Waals surface area contributed by atoms with E-state index in [0.29, 0.717) is 28.7 Å². The van der Waals surface area contributed by atoms with E-state index in [4.69, 9.17) is 4.74 Å². The van der Waals surface area contributed by atoms with Gasteiger partial charge in [0.25, 0.3) is 0 Å². The second kappa shape index (κ2) is 9.23. The minimum absolute atomic E-state index is 0.0152. The Morgan fingerprint density at radius 2 is 1.85 bits per heavy atom. The molecule has 0 aliphatic carbocycles. The molecule has 0 atom stereocenters. The molecule has 1 aromatic heterocycles. The van der Waals surface area contributed by atoms with Crippen LogP contribution in [0.3, 0.4) is 0 Å². The summed E-state index contributed by atoms with van der Waals surface area (Å²) in [7, 11) is 0. The van der Waals surface area contributed by atoms with Crippen molar-refractivity contribution in [3.05, 3.63) is 95.1 Å². The van der Waals surface area contributed by atoms with E-state index in [1.165, 1.54) is 36.0 Å². The fourth-order valence-electron chi connectivity index (χ4n) is 3.65. The molecule has 5 rings (SSSR count). The van der Waals surface area contributed by atoms with Crippen LogP contribution >= 0.6 is 11.8 Å². The van der Waals surface area contributed by atoms with E-state index in [-0.39, 0.29) is 23.2 Å². The average Bonchev–Trinajstić information content (AvgIpc) is 2.83. The standard InChI is InChI=1S/C26H19F2N3O2S/c1-15-6-11-22-17(12-15)13-19-25(33-22)30-24(16-7-9-18(27)10-8-16)31-26(19)34-14-23(32)29-21-5-3-2-4-20(21)28/h2-12H,13-14H2,1H3,(H,29,32). The lowest BCUT2D eigenvalue weighted by Gasteiger charge is -2.22. The van der Waals surface area contributed by atoms with Crippen LogP contribution in [-0.2, 0) is 11.2 Å². The van der Waals surface area contributed by atoms with Crippen molar-refractivity contribution in [2.45, 2.75) is 18.4 Å². The Labute approximate surface area is 199 Å². The zero-order valence-corrected chi connectivity index (χ0v) is 19.0. The van der Waals surface area contributed by atoms with Crippen molar-refractivity contribution in [3.8, 4) is 23.0 Å². The number of para-hydroxylation sites is 1. The minimum atomic E-state index is -0.501. The highest BCUT2D eigenvalue weighted by atomic mass is 32.2. The van der Waals surface area contributed by atoms with E-state index in [0.717, 1.165) is 22.4 Å². The fourth-order valence-corrected chi connectivity index (χ4v) is 4.47. The molecule has 0 saturated heterocycles. The predicted molar refractivity (Wildman–Crippen MR) is 127 cm³/mol. The lowest BCUT2D eigenvalue weighted by Crippen LogP contribution is -2.16. The van der Waals surface area contributed by atoms with Gasteiger partial charge < -0.3 is 10.1 Å². The number of anilines is 1. The molecule has 4 aromatic rings. The molecule has 0 radical (unpaired) electrons. The van der Waals surface area contributed by atoms with Crippen LogP contribution in [0, 0.1) is 18.6 Å². The molecule has 1 N–H and O–H groups in total. The molecule has 1 aliphatic heterocycles. The van der Waals surface area contributed by atoms with Crippen LogP contribution in [0.2, 0.25) is 0 Å². The van der Waals surface area contributed by atoms with Crippen LogP contribution in [0.4, 0.5) is 14.5 Å². The van der Waals surface area contributed by atoms with Crippen molar-refractivity contribution in [1.29, 1.82) is 0 Å².